The Morgan fingerprint density at radius 2 is 1.24 bits per heavy atom. The molecule has 2 aromatic rings. The van der Waals surface area contributed by atoms with Crippen molar-refractivity contribution in [3.8, 4) is 11.5 Å². The van der Waals surface area contributed by atoms with Gasteiger partial charge in [-0.3, -0.25) is 9.59 Å². The molecule has 2 aromatic carbocycles. The van der Waals surface area contributed by atoms with Crippen molar-refractivity contribution in [2.75, 3.05) is 0 Å². The topological polar surface area (TPSA) is 52.6 Å². The standard InChI is InChI=1S/C14H8Br2O4Si/c15-11-1-3-13(9(5-11)7-17)19-21-20-14-4-2-12(16)6-10(14)8-18/h1-8H. The van der Waals surface area contributed by atoms with Crippen LogP contribution >= 0.6 is 31.9 Å². The van der Waals surface area contributed by atoms with Crippen molar-refractivity contribution in [3.05, 3.63) is 56.5 Å². The molecule has 0 heterocycles. The Bertz CT molecular complexity index is 619. The van der Waals surface area contributed by atoms with Crippen LogP contribution in [0.2, 0.25) is 0 Å². The first-order chi connectivity index (χ1) is 10.1. The normalized spacial score (nSPS) is 10.0. The maximum atomic E-state index is 11.0. The van der Waals surface area contributed by atoms with Crippen molar-refractivity contribution >= 4 is 54.4 Å². The fourth-order valence-electron chi connectivity index (χ4n) is 1.52. The molecule has 0 aromatic heterocycles. The first-order valence-electron chi connectivity index (χ1n) is 5.72. The number of rotatable bonds is 6. The van der Waals surface area contributed by atoms with Gasteiger partial charge >= 0.3 is 10.0 Å². The molecule has 0 aliphatic carbocycles. The summed E-state index contributed by atoms with van der Waals surface area (Å²) in [5, 5.41) is 0. The van der Waals surface area contributed by atoms with Crippen LogP contribution < -0.4 is 8.85 Å². The van der Waals surface area contributed by atoms with E-state index in [1.165, 1.54) is 0 Å². The highest BCUT2D eigenvalue weighted by Crippen LogP contribution is 2.23. The van der Waals surface area contributed by atoms with Crippen LogP contribution in [0.5, 0.6) is 11.5 Å². The molecule has 21 heavy (non-hydrogen) atoms. The van der Waals surface area contributed by atoms with E-state index in [0.717, 1.165) is 8.95 Å². The van der Waals surface area contributed by atoms with E-state index < -0.39 is 0 Å². The summed E-state index contributed by atoms with van der Waals surface area (Å²) in [6, 6.07) is 10.2. The van der Waals surface area contributed by atoms with E-state index in [1.54, 1.807) is 36.4 Å². The van der Waals surface area contributed by atoms with E-state index in [2.05, 4.69) is 31.9 Å². The molecule has 0 amide bonds. The average Bonchev–Trinajstić information content (AvgIpc) is 2.49. The lowest BCUT2D eigenvalue weighted by atomic mass is 10.2. The first-order valence-corrected chi connectivity index (χ1v) is 8.12. The zero-order chi connectivity index (χ0) is 15.2. The molecule has 106 valence electrons. The van der Waals surface area contributed by atoms with Crippen molar-refractivity contribution in [1.82, 2.24) is 0 Å². The minimum absolute atomic E-state index is 0.369. The zero-order valence-electron chi connectivity index (χ0n) is 10.5. The third-order valence-corrected chi connectivity index (χ3v) is 4.09. The highest BCUT2D eigenvalue weighted by Gasteiger charge is 2.09. The largest absolute Gasteiger partial charge is 0.610 e. The van der Waals surface area contributed by atoms with Gasteiger partial charge in [-0.2, -0.15) is 0 Å². The SMILES string of the molecule is O=Cc1cc(Br)ccc1O[Si]Oc1ccc(Br)cc1C=O. The van der Waals surface area contributed by atoms with Crippen LogP contribution in [-0.2, 0) is 0 Å². The minimum atomic E-state index is -0.369. The summed E-state index contributed by atoms with van der Waals surface area (Å²) in [7, 11) is -0.369. The highest BCUT2D eigenvalue weighted by atomic mass is 79.9. The van der Waals surface area contributed by atoms with Gasteiger partial charge in [-0.15, -0.1) is 0 Å². The highest BCUT2D eigenvalue weighted by molar-refractivity contribution is 9.10. The molecular weight excluding hydrogens is 420 g/mol. The molecule has 0 fully saturated rings. The van der Waals surface area contributed by atoms with Gasteiger partial charge in [0.1, 0.15) is 11.5 Å². The van der Waals surface area contributed by atoms with Crippen molar-refractivity contribution in [1.29, 1.82) is 0 Å². The number of hydrogen-bond donors (Lipinski definition) is 0. The summed E-state index contributed by atoms with van der Waals surface area (Å²) in [5.41, 5.74) is 0.846. The summed E-state index contributed by atoms with van der Waals surface area (Å²) in [4.78, 5) is 21.9. The van der Waals surface area contributed by atoms with Crippen LogP contribution in [0.25, 0.3) is 0 Å². The lowest BCUT2D eigenvalue weighted by molar-refractivity contribution is 0.111. The molecule has 0 unspecified atom stereocenters. The average molecular weight is 428 g/mol. The van der Waals surface area contributed by atoms with E-state index in [-0.39, 0.29) is 10.0 Å². The quantitative estimate of drug-likeness (QED) is 0.519. The Hall–Kier alpha value is -1.44. The lowest BCUT2D eigenvalue weighted by Gasteiger charge is -2.09. The Kier molecular flexibility index (Phi) is 5.72. The molecule has 0 aliphatic rings. The predicted octanol–water partition coefficient (Wildman–Crippen LogP) is 3.83. The zero-order valence-corrected chi connectivity index (χ0v) is 14.7. The van der Waals surface area contributed by atoms with Crippen LogP contribution in [0.15, 0.2) is 45.3 Å². The van der Waals surface area contributed by atoms with E-state index in [9.17, 15) is 9.59 Å². The molecule has 0 saturated heterocycles. The summed E-state index contributed by atoms with van der Waals surface area (Å²) >= 11 is 6.56. The Labute approximate surface area is 140 Å². The summed E-state index contributed by atoms with van der Waals surface area (Å²) in [5.74, 6) is 0.854. The van der Waals surface area contributed by atoms with Gasteiger partial charge in [0.2, 0.25) is 0 Å². The molecular formula is C14H8Br2O4Si. The summed E-state index contributed by atoms with van der Waals surface area (Å²) < 4.78 is 12.5. The van der Waals surface area contributed by atoms with Gasteiger partial charge in [-0.1, -0.05) is 31.9 Å². The third-order valence-electron chi connectivity index (χ3n) is 2.50. The Morgan fingerprint density at radius 3 is 1.62 bits per heavy atom. The van der Waals surface area contributed by atoms with Gasteiger partial charge in [0.15, 0.2) is 12.6 Å². The van der Waals surface area contributed by atoms with Crippen molar-refractivity contribution in [2.24, 2.45) is 0 Å². The minimum Gasteiger partial charge on any atom is -0.507 e. The van der Waals surface area contributed by atoms with Crippen LogP contribution in [0, 0.1) is 0 Å². The van der Waals surface area contributed by atoms with Crippen LogP contribution in [0.4, 0.5) is 0 Å². The van der Waals surface area contributed by atoms with Crippen molar-refractivity contribution in [3.63, 3.8) is 0 Å². The van der Waals surface area contributed by atoms with Crippen LogP contribution in [-0.4, -0.2) is 22.6 Å². The molecule has 0 spiro atoms. The monoisotopic (exact) mass is 426 g/mol. The smallest absolute Gasteiger partial charge is 0.507 e. The Balaban J connectivity index is 2.05. The van der Waals surface area contributed by atoms with Gasteiger partial charge in [0, 0.05) is 8.95 Å². The summed E-state index contributed by atoms with van der Waals surface area (Å²) in [6.45, 7) is 0. The fraction of sp³-hybridized carbons (Fsp3) is 0. The van der Waals surface area contributed by atoms with Crippen molar-refractivity contribution in [2.45, 2.75) is 0 Å². The maximum absolute atomic E-state index is 11.0. The second-order valence-corrected chi connectivity index (χ2v) is 6.29. The number of carbonyl (C=O) groups excluding carboxylic acids is 2. The second-order valence-electron chi connectivity index (χ2n) is 3.89. The molecule has 0 aliphatic heterocycles. The third kappa shape index (κ3) is 4.26. The maximum Gasteiger partial charge on any atom is 0.610 e. The second kappa shape index (κ2) is 7.53. The molecule has 0 N–H and O–H groups in total. The van der Waals surface area contributed by atoms with Gasteiger partial charge in [0.05, 0.1) is 11.1 Å². The molecule has 2 radical (unpaired) electrons. The predicted molar refractivity (Wildman–Crippen MR) is 86.1 cm³/mol. The van der Waals surface area contributed by atoms with E-state index in [0.29, 0.717) is 35.2 Å². The number of benzene rings is 2. The van der Waals surface area contributed by atoms with Gasteiger partial charge in [-0.05, 0) is 36.4 Å². The van der Waals surface area contributed by atoms with Crippen LogP contribution in [0.3, 0.4) is 0 Å². The van der Waals surface area contributed by atoms with E-state index in [4.69, 9.17) is 8.85 Å². The number of aldehydes is 2. The first kappa shape index (κ1) is 15.9. The molecule has 4 nitrogen and oxygen atoms in total. The van der Waals surface area contributed by atoms with Crippen LogP contribution in [0.1, 0.15) is 20.7 Å². The van der Waals surface area contributed by atoms with E-state index >= 15 is 0 Å². The number of carbonyl (C=O) groups is 2. The molecule has 0 saturated carbocycles. The van der Waals surface area contributed by atoms with Gasteiger partial charge in [0.25, 0.3) is 0 Å². The molecule has 0 bridgehead atoms. The van der Waals surface area contributed by atoms with E-state index in [1.807, 2.05) is 0 Å². The fourth-order valence-corrected chi connectivity index (χ4v) is 2.87. The van der Waals surface area contributed by atoms with Gasteiger partial charge < -0.3 is 8.85 Å². The number of halogens is 2. The van der Waals surface area contributed by atoms with Crippen molar-refractivity contribution < 1.29 is 18.4 Å². The Morgan fingerprint density at radius 1 is 0.810 bits per heavy atom. The lowest BCUT2D eigenvalue weighted by Crippen LogP contribution is -2.13. The number of hydrogen-bond acceptors (Lipinski definition) is 4. The van der Waals surface area contributed by atoms with Gasteiger partial charge in [-0.25, -0.2) is 0 Å². The molecule has 0 atom stereocenters. The molecule has 2 rings (SSSR count). The summed E-state index contributed by atoms with van der Waals surface area (Å²) in [6.07, 6.45) is 1.42. The molecule has 7 heteroatoms.